The summed E-state index contributed by atoms with van der Waals surface area (Å²) in [5, 5.41) is 4.66. The normalized spacial score (nSPS) is 24.4. The van der Waals surface area contributed by atoms with Gasteiger partial charge in [-0.1, -0.05) is 50.9 Å². The second kappa shape index (κ2) is 5.85. The summed E-state index contributed by atoms with van der Waals surface area (Å²) >= 11 is 6.12. The fraction of sp³-hybridized carbons (Fsp3) is 0.647. The van der Waals surface area contributed by atoms with E-state index in [-0.39, 0.29) is 5.54 Å². The lowest BCUT2D eigenvalue weighted by Gasteiger charge is -2.43. The van der Waals surface area contributed by atoms with Crippen LogP contribution in [-0.4, -0.2) is 12.1 Å². The van der Waals surface area contributed by atoms with Crippen molar-refractivity contribution in [2.45, 2.75) is 58.4 Å². The van der Waals surface area contributed by atoms with Crippen molar-refractivity contribution in [1.29, 1.82) is 0 Å². The van der Waals surface area contributed by atoms with Gasteiger partial charge in [-0.25, -0.2) is 0 Å². The lowest BCUT2D eigenvalue weighted by atomic mass is 9.72. The van der Waals surface area contributed by atoms with Gasteiger partial charge in [-0.05, 0) is 55.3 Å². The Morgan fingerprint density at radius 2 is 2.05 bits per heavy atom. The van der Waals surface area contributed by atoms with Crippen LogP contribution in [0.4, 0.5) is 0 Å². The Morgan fingerprint density at radius 3 is 2.63 bits per heavy atom. The Hall–Kier alpha value is -0.530. The van der Waals surface area contributed by atoms with Crippen molar-refractivity contribution in [3.63, 3.8) is 0 Å². The van der Waals surface area contributed by atoms with E-state index in [9.17, 15) is 0 Å². The Labute approximate surface area is 122 Å². The van der Waals surface area contributed by atoms with E-state index in [0.29, 0.717) is 5.41 Å². The Morgan fingerprint density at radius 1 is 1.26 bits per heavy atom. The first kappa shape index (κ1) is 14.9. The first-order valence-electron chi connectivity index (χ1n) is 7.38. The smallest absolute Gasteiger partial charge is 0.0408 e. The van der Waals surface area contributed by atoms with E-state index < -0.39 is 0 Å². The second-order valence-electron chi connectivity index (χ2n) is 7.21. The number of hydrogen-bond acceptors (Lipinski definition) is 1. The van der Waals surface area contributed by atoms with E-state index in [1.165, 1.54) is 31.2 Å². The van der Waals surface area contributed by atoms with Gasteiger partial charge in [0.25, 0.3) is 0 Å². The molecule has 0 aromatic heterocycles. The van der Waals surface area contributed by atoms with Crippen LogP contribution in [0.1, 0.15) is 52.0 Å². The fourth-order valence-electron chi connectivity index (χ4n) is 3.45. The molecule has 1 N–H and O–H groups in total. The second-order valence-corrected chi connectivity index (χ2v) is 7.64. The Balaban J connectivity index is 2.18. The van der Waals surface area contributed by atoms with Gasteiger partial charge in [-0.15, -0.1) is 0 Å². The molecule has 1 unspecified atom stereocenters. The molecule has 1 fully saturated rings. The van der Waals surface area contributed by atoms with Crippen LogP contribution in [-0.2, 0) is 6.42 Å². The van der Waals surface area contributed by atoms with E-state index in [4.69, 9.17) is 11.6 Å². The van der Waals surface area contributed by atoms with E-state index in [2.05, 4.69) is 44.3 Å². The van der Waals surface area contributed by atoms with Crippen molar-refractivity contribution in [2.75, 3.05) is 6.54 Å². The highest BCUT2D eigenvalue weighted by atomic mass is 35.5. The molecule has 1 aliphatic rings. The van der Waals surface area contributed by atoms with Crippen molar-refractivity contribution < 1.29 is 0 Å². The minimum absolute atomic E-state index is 0.251. The van der Waals surface area contributed by atoms with E-state index in [1.807, 2.05) is 6.07 Å². The summed E-state index contributed by atoms with van der Waals surface area (Å²) in [5.74, 6) is 0. The zero-order valence-electron chi connectivity index (χ0n) is 12.4. The van der Waals surface area contributed by atoms with Crippen LogP contribution in [0.3, 0.4) is 0 Å². The van der Waals surface area contributed by atoms with E-state index in [0.717, 1.165) is 18.0 Å². The summed E-state index contributed by atoms with van der Waals surface area (Å²) in [7, 11) is 0. The van der Waals surface area contributed by atoms with Gasteiger partial charge < -0.3 is 5.32 Å². The molecule has 1 aliphatic heterocycles. The number of rotatable bonds is 3. The average Bonchev–Trinajstić information content (AvgIpc) is 2.27. The number of piperidine rings is 1. The zero-order valence-corrected chi connectivity index (χ0v) is 13.2. The molecule has 0 saturated carbocycles. The van der Waals surface area contributed by atoms with Crippen molar-refractivity contribution in [3.8, 4) is 0 Å². The molecule has 2 heteroatoms. The van der Waals surface area contributed by atoms with Crippen molar-refractivity contribution >= 4 is 11.6 Å². The molecule has 1 aromatic rings. The quantitative estimate of drug-likeness (QED) is 0.835. The van der Waals surface area contributed by atoms with Crippen LogP contribution >= 0.6 is 11.6 Å². The van der Waals surface area contributed by atoms with Crippen LogP contribution in [0, 0.1) is 5.41 Å². The molecular weight excluding hydrogens is 254 g/mol. The third-order valence-corrected chi connectivity index (χ3v) is 4.12. The Bertz CT molecular complexity index is 414. The topological polar surface area (TPSA) is 12.0 Å². The van der Waals surface area contributed by atoms with Gasteiger partial charge in [0, 0.05) is 10.6 Å². The molecule has 1 saturated heterocycles. The zero-order chi connectivity index (χ0) is 13.9. The molecule has 0 amide bonds. The number of nitrogens with one attached hydrogen (secondary N) is 1. The molecule has 106 valence electrons. The van der Waals surface area contributed by atoms with Crippen LogP contribution in [0.25, 0.3) is 0 Å². The maximum Gasteiger partial charge on any atom is 0.0408 e. The summed E-state index contributed by atoms with van der Waals surface area (Å²) in [6.07, 6.45) is 6.22. The maximum atomic E-state index is 6.12. The molecule has 0 spiro atoms. The van der Waals surface area contributed by atoms with Gasteiger partial charge in [-0.2, -0.15) is 0 Å². The molecule has 1 atom stereocenters. The minimum atomic E-state index is 0.251. The molecule has 0 radical (unpaired) electrons. The van der Waals surface area contributed by atoms with Crippen LogP contribution in [0.2, 0.25) is 5.02 Å². The van der Waals surface area contributed by atoms with Gasteiger partial charge in [0.15, 0.2) is 0 Å². The van der Waals surface area contributed by atoms with Gasteiger partial charge in [0.1, 0.15) is 0 Å². The molecule has 19 heavy (non-hydrogen) atoms. The third kappa shape index (κ3) is 4.50. The fourth-order valence-corrected chi connectivity index (χ4v) is 3.66. The van der Waals surface area contributed by atoms with Crippen LogP contribution in [0.15, 0.2) is 24.3 Å². The summed E-state index contributed by atoms with van der Waals surface area (Å²) in [4.78, 5) is 0. The third-order valence-electron chi connectivity index (χ3n) is 3.88. The number of hydrogen-bond donors (Lipinski definition) is 1. The molecule has 0 aliphatic carbocycles. The predicted molar refractivity (Wildman–Crippen MR) is 83.8 cm³/mol. The van der Waals surface area contributed by atoms with Crippen molar-refractivity contribution in [3.05, 3.63) is 34.9 Å². The lowest BCUT2D eigenvalue weighted by Crippen LogP contribution is -2.52. The molecule has 1 heterocycles. The monoisotopic (exact) mass is 279 g/mol. The van der Waals surface area contributed by atoms with Crippen LogP contribution < -0.4 is 5.32 Å². The minimum Gasteiger partial charge on any atom is -0.311 e. The predicted octanol–water partition coefficient (Wildman–Crippen LogP) is 4.83. The number of benzene rings is 1. The largest absolute Gasteiger partial charge is 0.311 e. The number of halogens is 1. The van der Waals surface area contributed by atoms with Gasteiger partial charge in [0.05, 0.1) is 0 Å². The highest BCUT2D eigenvalue weighted by Gasteiger charge is 2.35. The summed E-state index contributed by atoms with van der Waals surface area (Å²) < 4.78 is 0. The lowest BCUT2D eigenvalue weighted by molar-refractivity contribution is 0.168. The van der Waals surface area contributed by atoms with E-state index >= 15 is 0 Å². The van der Waals surface area contributed by atoms with E-state index in [1.54, 1.807) is 0 Å². The van der Waals surface area contributed by atoms with Gasteiger partial charge in [0.2, 0.25) is 0 Å². The maximum absolute atomic E-state index is 6.12. The van der Waals surface area contributed by atoms with Crippen molar-refractivity contribution in [1.82, 2.24) is 5.32 Å². The molecule has 0 bridgehead atoms. The van der Waals surface area contributed by atoms with Crippen molar-refractivity contribution in [2.24, 2.45) is 5.41 Å². The summed E-state index contributed by atoms with van der Waals surface area (Å²) in [5.41, 5.74) is 1.95. The standard InChI is InChI=1S/C17H26ClN/c1-16(2,3)13-17(9-4-5-10-19-17)12-14-7-6-8-15(18)11-14/h6-8,11,19H,4-5,9-10,12-13H2,1-3H3. The summed E-state index contributed by atoms with van der Waals surface area (Å²) in [6, 6.07) is 8.33. The molecule has 2 rings (SSSR count). The first-order chi connectivity index (χ1) is 8.89. The molecule has 1 nitrogen and oxygen atoms in total. The Kier molecular flexibility index (Phi) is 4.58. The SMILES string of the molecule is CC(C)(C)CC1(Cc2cccc(Cl)c2)CCCCN1. The van der Waals surface area contributed by atoms with Crippen LogP contribution in [0.5, 0.6) is 0 Å². The first-order valence-corrected chi connectivity index (χ1v) is 7.76. The summed E-state index contributed by atoms with van der Waals surface area (Å²) in [6.45, 7) is 8.16. The van der Waals surface area contributed by atoms with Gasteiger partial charge >= 0.3 is 0 Å². The molecule has 1 aromatic carbocycles. The van der Waals surface area contributed by atoms with Gasteiger partial charge in [-0.3, -0.25) is 0 Å². The highest BCUT2D eigenvalue weighted by Crippen LogP contribution is 2.35. The highest BCUT2D eigenvalue weighted by molar-refractivity contribution is 6.30. The average molecular weight is 280 g/mol. The molecular formula is C17H26ClN.